The third-order valence-corrected chi connectivity index (χ3v) is 4.85. The summed E-state index contributed by atoms with van der Waals surface area (Å²) in [6, 6.07) is 6.41. The van der Waals surface area contributed by atoms with Crippen LogP contribution in [0.3, 0.4) is 0 Å². The van der Waals surface area contributed by atoms with Gasteiger partial charge in [-0.1, -0.05) is 44.9 Å². The van der Waals surface area contributed by atoms with Crippen LogP contribution in [0.4, 0.5) is 0 Å². The minimum absolute atomic E-state index is 0.190. The topological polar surface area (TPSA) is 17.1 Å². The molecule has 1 saturated carbocycles. The Balaban J connectivity index is 2.09. The summed E-state index contributed by atoms with van der Waals surface area (Å²) in [5.41, 5.74) is 3.95. The second kappa shape index (κ2) is 5.48. The molecule has 19 heavy (non-hydrogen) atoms. The van der Waals surface area contributed by atoms with E-state index in [1.165, 1.54) is 36.0 Å². The van der Waals surface area contributed by atoms with Gasteiger partial charge in [-0.15, -0.1) is 0 Å². The normalized spacial score (nSPS) is 22.2. The van der Waals surface area contributed by atoms with Crippen LogP contribution in [-0.4, -0.2) is 5.78 Å². The van der Waals surface area contributed by atoms with Gasteiger partial charge in [0.2, 0.25) is 0 Å². The molecule has 0 aromatic heterocycles. The molecule has 0 bridgehead atoms. The molecule has 0 radical (unpaired) electrons. The van der Waals surface area contributed by atoms with Gasteiger partial charge in [0, 0.05) is 12.3 Å². The molecule has 1 nitrogen and oxygen atoms in total. The number of carbonyl (C=O) groups is 1. The number of rotatable bonds is 3. The van der Waals surface area contributed by atoms with E-state index in [9.17, 15) is 4.79 Å². The third-order valence-electron chi connectivity index (χ3n) is 4.85. The van der Waals surface area contributed by atoms with Crippen LogP contribution in [0.5, 0.6) is 0 Å². The van der Waals surface area contributed by atoms with E-state index in [1.807, 2.05) is 0 Å². The lowest BCUT2D eigenvalue weighted by atomic mass is 9.66. The molecule has 1 heteroatoms. The fourth-order valence-corrected chi connectivity index (χ4v) is 3.33. The second-order valence-corrected chi connectivity index (χ2v) is 6.85. The summed E-state index contributed by atoms with van der Waals surface area (Å²) in [5.74, 6) is 0.691. The van der Waals surface area contributed by atoms with Gasteiger partial charge in [0.25, 0.3) is 0 Å². The molecule has 1 atom stereocenters. The maximum Gasteiger partial charge on any atom is 0.140 e. The van der Waals surface area contributed by atoms with Crippen LogP contribution in [0.2, 0.25) is 0 Å². The quantitative estimate of drug-likeness (QED) is 0.772. The lowest BCUT2D eigenvalue weighted by Crippen LogP contribution is -2.34. The summed E-state index contributed by atoms with van der Waals surface area (Å²) >= 11 is 0. The molecule has 0 heterocycles. The molecule has 1 unspecified atom stereocenters. The Morgan fingerprint density at radius 1 is 1.21 bits per heavy atom. The zero-order chi connectivity index (χ0) is 14.0. The Bertz CT molecular complexity index is 471. The molecule has 0 N–H and O–H groups in total. The highest BCUT2D eigenvalue weighted by molar-refractivity contribution is 5.84. The van der Waals surface area contributed by atoms with Crippen LogP contribution >= 0.6 is 0 Å². The van der Waals surface area contributed by atoms with Gasteiger partial charge in [0.05, 0.1) is 0 Å². The van der Waals surface area contributed by atoms with Gasteiger partial charge in [-0.25, -0.2) is 0 Å². The number of hydrogen-bond donors (Lipinski definition) is 0. The van der Waals surface area contributed by atoms with Gasteiger partial charge in [0.1, 0.15) is 5.78 Å². The van der Waals surface area contributed by atoms with Crippen LogP contribution < -0.4 is 0 Å². The van der Waals surface area contributed by atoms with Gasteiger partial charge in [0.15, 0.2) is 0 Å². The van der Waals surface area contributed by atoms with E-state index < -0.39 is 0 Å². The standard InChI is InChI=1S/C18H26O/c1-13-8-9-15(11-14(13)2)12-17(19)16-7-5-6-10-18(16,3)4/h8-9,11,16H,5-7,10,12H2,1-4H3. The van der Waals surface area contributed by atoms with Crippen molar-refractivity contribution in [2.24, 2.45) is 11.3 Å². The first kappa shape index (κ1) is 14.3. The van der Waals surface area contributed by atoms with Crippen LogP contribution in [0.15, 0.2) is 18.2 Å². The molecule has 0 amide bonds. The summed E-state index contributed by atoms with van der Waals surface area (Å²) in [4.78, 5) is 12.6. The van der Waals surface area contributed by atoms with Crippen molar-refractivity contribution in [2.45, 2.75) is 59.8 Å². The number of ketones is 1. The molecule has 1 aliphatic carbocycles. The molecular formula is C18H26O. The molecule has 1 aromatic carbocycles. The van der Waals surface area contributed by atoms with E-state index in [1.54, 1.807) is 0 Å². The van der Waals surface area contributed by atoms with Crippen LogP contribution in [-0.2, 0) is 11.2 Å². The van der Waals surface area contributed by atoms with Crippen molar-refractivity contribution in [2.75, 3.05) is 0 Å². The first-order valence-corrected chi connectivity index (χ1v) is 7.49. The summed E-state index contributed by atoms with van der Waals surface area (Å²) in [6.07, 6.45) is 5.37. The number of hydrogen-bond acceptors (Lipinski definition) is 1. The Labute approximate surface area is 117 Å². The van der Waals surface area contributed by atoms with E-state index in [-0.39, 0.29) is 11.3 Å². The van der Waals surface area contributed by atoms with Crippen LogP contribution in [0.1, 0.15) is 56.2 Å². The zero-order valence-corrected chi connectivity index (χ0v) is 12.8. The largest absolute Gasteiger partial charge is 0.299 e. The maximum atomic E-state index is 12.6. The second-order valence-electron chi connectivity index (χ2n) is 6.85. The predicted molar refractivity (Wildman–Crippen MR) is 80.4 cm³/mol. The summed E-state index contributed by atoms with van der Waals surface area (Å²) < 4.78 is 0. The third kappa shape index (κ3) is 3.26. The van der Waals surface area contributed by atoms with E-state index in [2.05, 4.69) is 45.9 Å². The molecule has 1 aliphatic rings. The smallest absolute Gasteiger partial charge is 0.140 e. The van der Waals surface area contributed by atoms with E-state index in [0.29, 0.717) is 12.2 Å². The van der Waals surface area contributed by atoms with Gasteiger partial charge in [-0.05, 0) is 48.8 Å². The van der Waals surface area contributed by atoms with Crippen molar-refractivity contribution >= 4 is 5.78 Å². The van der Waals surface area contributed by atoms with Crippen molar-refractivity contribution < 1.29 is 4.79 Å². The molecule has 1 aromatic rings. The lowest BCUT2D eigenvalue weighted by molar-refractivity contribution is -0.127. The molecule has 104 valence electrons. The number of carbonyl (C=O) groups excluding carboxylic acids is 1. The number of Topliss-reactive ketones (excluding diaryl/α,β-unsaturated/α-hetero) is 1. The average molecular weight is 258 g/mol. The monoisotopic (exact) mass is 258 g/mol. The van der Waals surface area contributed by atoms with Crippen molar-refractivity contribution in [3.8, 4) is 0 Å². The number of benzene rings is 1. The predicted octanol–water partition coefficient (Wildman–Crippen LogP) is 4.63. The highest BCUT2D eigenvalue weighted by atomic mass is 16.1. The molecular weight excluding hydrogens is 232 g/mol. The first-order valence-electron chi connectivity index (χ1n) is 7.49. The van der Waals surface area contributed by atoms with Crippen LogP contribution in [0.25, 0.3) is 0 Å². The van der Waals surface area contributed by atoms with Crippen molar-refractivity contribution in [3.05, 3.63) is 34.9 Å². The van der Waals surface area contributed by atoms with Crippen molar-refractivity contribution in [1.29, 1.82) is 0 Å². The van der Waals surface area contributed by atoms with E-state index >= 15 is 0 Å². The molecule has 2 rings (SSSR count). The minimum Gasteiger partial charge on any atom is -0.299 e. The highest BCUT2D eigenvalue weighted by Gasteiger charge is 2.36. The summed E-state index contributed by atoms with van der Waals surface area (Å²) in [5, 5.41) is 0. The maximum absolute atomic E-state index is 12.6. The summed E-state index contributed by atoms with van der Waals surface area (Å²) in [6.45, 7) is 8.75. The molecule has 1 fully saturated rings. The SMILES string of the molecule is Cc1ccc(CC(=O)C2CCCCC2(C)C)cc1C. The average Bonchev–Trinajstić information content (AvgIpc) is 2.33. The van der Waals surface area contributed by atoms with Crippen molar-refractivity contribution in [1.82, 2.24) is 0 Å². The lowest BCUT2D eigenvalue weighted by Gasteiger charge is -2.37. The van der Waals surface area contributed by atoms with Crippen LogP contribution in [0, 0.1) is 25.2 Å². The highest BCUT2D eigenvalue weighted by Crippen LogP contribution is 2.41. The zero-order valence-electron chi connectivity index (χ0n) is 12.8. The first-order chi connectivity index (χ1) is 8.90. The Kier molecular flexibility index (Phi) is 4.13. The summed E-state index contributed by atoms with van der Waals surface area (Å²) in [7, 11) is 0. The Morgan fingerprint density at radius 3 is 2.58 bits per heavy atom. The molecule has 0 aliphatic heterocycles. The van der Waals surface area contributed by atoms with Gasteiger partial charge in [-0.2, -0.15) is 0 Å². The Morgan fingerprint density at radius 2 is 1.95 bits per heavy atom. The van der Waals surface area contributed by atoms with Gasteiger partial charge >= 0.3 is 0 Å². The Hall–Kier alpha value is -1.11. The van der Waals surface area contributed by atoms with Gasteiger partial charge < -0.3 is 0 Å². The van der Waals surface area contributed by atoms with Gasteiger partial charge in [-0.3, -0.25) is 4.79 Å². The van der Waals surface area contributed by atoms with E-state index in [0.717, 1.165) is 6.42 Å². The molecule has 0 saturated heterocycles. The number of aryl methyl sites for hydroxylation is 2. The van der Waals surface area contributed by atoms with E-state index in [4.69, 9.17) is 0 Å². The molecule has 0 spiro atoms. The van der Waals surface area contributed by atoms with Crippen molar-refractivity contribution in [3.63, 3.8) is 0 Å². The minimum atomic E-state index is 0.190. The fraction of sp³-hybridized carbons (Fsp3) is 0.611. The fourth-order valence-electron chi connectivity index (χ4n) is 3.33.